The number of hydrogen-bond acceptors (Lipinski definition) is 5. The summed E-state index contributed by atoms with van der Waals surface area (Å²) in [6.45, 7) is 5.78. The normalized spacial score (nSPS) is 13.6. The molecule has 2 rings (SSSR count). The van der Waals surface area contributed by atoms with Crippen LogP contribution in [-0.2, 0) is 11.8 Å². The van der Waals surface area contributed by atoms with Gasteiger partial charge in [-0.05, 0) is 26.2 Å². The summed E-state index contributed by atoms with van der Waals surface area (Å²) < 4.78 is 1.50. The van der Waals surface area contributed by atoms with Gasteiger partial charge in [-0.2, -0.15) is 0 Å². The van der Waals surface area contributed by atoms with Crippen molar-refractivity contribution < 1.29 is 4.79 Å². The van der Waals surface area contributed by atoms with Crippen LogP contribution < -0.4 is 21.0 Å². The van der Waals surface area contributed by atoms with Gasteiger partial charge in [0.25, 0.3) is 5.56 Å². The molecule has 0 radical (unpaired) electrons. The molecule has 0 fully saturated rings. The molecule has 0 unspecified atom stereocenters. The molecule has 0 amide bonds. The van der Waals surface area contributed by atoms with Crippen LogP contribution in [-0.4, -0.2) is 35.1 Å². The lowest BCUT2D eigenvalue weighted by Crippen LogP contribution is -2.33. The van der Waals surface area contributed by atoms with Crippen LogP contribution >= 0.6 is 0 Å². The van der Waals surface area contributed by atoms with Gasteiger partial charge in [-0.1, -0.05) is 6.92 Å². The van der Waals surface area contributed by atoms with E-state index in [1.165, 1.54) is 4.57 Å². The Bertz CT molecular complexity index is 662. The molecule has 0 saturated carbocycles. The molecule has 7 heteroatoms. The number of carbonyl (C=O) groups excluding carboxylic acids is 1. The number of anilines is 2. The minimum atomic E-state index is -0.393. The van der Waals surface area contributed by atoms with Gasteiger partial charge in [0.15, 0.2) is 0 Å². The highest BCUT2D eigenvalue weighted by atomic mass is 16.2. The van der Waals surface area contributed by atoms with Crippen LogP contribution in [0.25, 0.3) is 0 Å². The van der Waals surface area contributed by atoms with Gasteiger partial charge in [-0.3, -0.25) is 14.3 Å². The Kier molecular flexibility index (Phi) is 5.05. The monoisotopic (exact) mass is 308 g/mol. The summed E-state index contributed by atoms with van der Waals surface area (Å²) in [4.78, 5) is 41.4. The van der Waals surface area contributed by atoms with Crippen molar-refractivity contribution in [3.8, 4) is 0 Å². The van der Waals surface area contributed by atoms with E-state index in [1.807, 2.05) is 4.90 Å². The molecule has 0 spiro atoms. The van der Waals surface area contributed by atoms with Crippen molar-refractivity contribution >= 4 is 17.3 Å². The number of unbranched alkanes of at least 4 members (excludes halogenated alkanes) is 1. The van der Waals surface area contributed by atoms with Gasteiger partial charge in [0.05, 0.1) is 6.67 Å². The van der Waals surface area contributed by atoms with Crippen LogP contribution in [0.3, 0.4) is 0 Å². The summed E-state index contributed by atoms with van der Waals surface area (Å²) >= 11 is 0. The van der Waals surface area contributed by atoms with E-state index in [1.54, 1.807) is 14.0 Å². The number of H-pyrrole nitrogens is 1. The molecule has 0 saturated heterocycles. The first-order valence-corrected chi connectivity index (χ1v) is 7.78. The minimum Gasteiger partial charge on any atom is -0.346 e. The van der Waals surface area contributed by atoms with Gasteiger partial charge in [0.1, 0.15) is 17.3 Å². The largest absolute Gasteiger partial charge is 0.346 e. The standard InChI is InChI=1S/C15H24N4O3/c1-4-8-18-10-19(9-6-5-7-11(2)20)14-12(18)13(21)16-15(22)17(14)3/h4-10H2,1-3H3,(H,16,21,22). The highest BCUT2D eigenvalue weighted by molar-refractivity contribution is 5.75. The van der Waals surface area contributed by atoms with Crippen molar-refractivity contribution in [3.05, 3.63) is 20.8 Å². The first-order chi connectivity index (χ1) is 10.5. The Hall–Kier alpha value is -2.05. The number of carbonyl (C=O) groups is 1. The third-order valence-electron chi connectivity index (χ3n) is 3.93. The van der Waals surface area contributed by atoms with Crippen LogP contribution in [0.2, 0.25) is 0 Å². The number of nitrogens with one attached hydrogen (secondary N) is 1. The van der Waals surface area contributed by atoms with Crippen molar-refractivity contribution in [2.45, 2.75) is 39.5 Å². The summed E-state index contributed by atoms with van der Waals surface area (Å²) in [6.07, 6.45) is 3.19. The fourth-order valence-electron chi connectivity index (χ4n) is 2.89. The molecule has 2 heterocycles. The fourth-order valence-corrected chi connectivity index (χ4v) is 2.89. The predicted octanol–water partition coefficient (Wildman–Crippen LogP) is 0.827. The number of nitrogens with zero attached hydrogens (tertiary/aromatic N) is 3. The first-order valence-electron chi connectivity index (χ1n) is 7.78. The molecule has 1 aliphatic rings. The molecule has 7 nitrogen and oxygen atoms in total. The summed E-state index contributed by atoms with van der Waals surface area (Å²) in [7, 11) is 1.68. The van der Waals surface area contributed by atoms with Crippen LogP contribution in [0, 0.1) is 0 Å². The quantitative estimate of drug-likeness (QED) is 0.755. The Morgan fingerprint density at radius 1 is 1.18 bits per heavy atom. The number of Topliss-reactive ketones (excluding diaryl/α,β-unsaturated/α-hetero) is 1. The molecular formula is C15H24N4O3. The molecule has 0 aromatic carbocycles. The lowest BCUT2D eigenvalue weighted by Gasteiger charge is -2.21. The molecular weight excluding hydrogens is 284 g/mol. The lowest BCUT2D eigenvalue weighted by molar-refractivity contribution is -0.117. The average molecular weight is 308 g/mol. The highest BCUT2D eigenvalue weighted by Crippen LogP contribution is 2.31. The third-order valence-corrected chi connectivity index (χ3v) is 3.93. The molecule has 1 aromatic heterocycles. The summed E-state index contributed by atoms with van der Waals surface area (Å²) in [5, 5.41) is 0. The number of aromatic amines is 1. The minimum absolute atomic E-state index is 0.193. The van der Waals surface area contributed by atoms with Gasteiger partial charge >= 0.3 is 5.69 Å². The van der Waals surface area contributed by atoms with E-state index in [-0.39, 0.29) is 11.3 Å². The fraction of sp³-hybridized carbons (Fsp3) is 0.667. The van der Waals surface area contributed by atoms with E-state index in [0.717, 1.165) is 32.4 Å². The highest BCUT2D eigenvalue weighted by Gasteiger charge is 2.30. The second kappa shape index (κ2) is 6.81. The Labute approximate surface area is 129 Å². The number of fused-ring (bicyclic) bond motifs is 1. The van der Waals surface area contributed by atoms with Crippen molar-refractivity contribution in [1.82, 2.24) is 9.55 Å². The molecule has 0 atom stereocenters. The average Bonchev–Trinajstić information content (AvgIpc) is 2.80. The van der Waals surface area contributed by atoms with E-state index in [0.29, 0.717) is 24.6 Å². The van der Waals surface area contributed by atoms with Gasteiger partial charge in [-0.25, -0.2) is 4.79 Å². The van der Waals surface area contributed by atoms with Crippen LogP contribution in [0.1, 0.15) is 39.5 Å². The molecule has 0 bridgehead atoms. The summed E-state index contributed by atoms with van der Waals surface area (Å²) in [5.41, 5.74) is -0.135. The zero-order valence-corrected chi connectivity index (χ0v) is 13.5. The molecule has 1 aromatic rings. The number of aromatic nitrogens is 2. The maximum atomic E-state index is 12.2. The first kappa shape index (κ1) is 16.3. The molecule has 1 N–H and O–H groups in total. The third kappa shape index (κ3) is 3.23. The molecule has 122 valence electrons. The van der Waals surface area contributed by atoms with Gasteiger partial charge in [0.2, 0.25) is 0 Å². The predicted molar refractivity (Wildman–Crippen MR) is 86.7 cm³/mol. The maximum Gasteiger partial charge on any atom is 0.329 e. The molecule has 22 heavy (non-hydrogen) atoms. The van der Waals surface area contributed by atoms with E-state index in [2.05, 4.69) is 16.8 Å². The number of ketones is 1. The van der Waals surface area contributed by atoms with Gasteiger partial charge < -0.3 is 14.6 Å². The smallest absolute Gasteiger partial charge is 0.329 e. The lowest BCUT2D eigenvalue weighted by atomic mass is 10.2. The summed E-state index contributed by atoms with van der Waals surface area (Å²) in [5.74, 6) is 0.878. The van der Waals surface area contributed by atoms with Crippen LogP contribution in [0.4, 0.5) is 11.5 Å². The molecule has 0 aliphatic carbocycles. The van der Waals surface area contributed by atoms with Crippen molar-refractivity contribution in [3.63, 3.8) is 0 Å². The SMILES string of the molecule is CCCN1CN(CCCCC(C)=O)c2c1c(=O)[nH]c(=O)n2C. The Balaban J connectivity index is 2.24. The zero-order valence-electron chi connectivity index (χ0n) is 13.5. The van der Waals surface area contributed by atoms with Crippen molar-refractivity contribution in [1.29, 1.82) is 0 Å². The second-order valence-corrected chi connectivity index (χ2v) is 5.82. The molecule has 1 aliphatic heterocycles. The van der Waals surface area contributed by atoms with Gasteiger partial charge in [0, 0.05) is 26.6 Å². The second-order valence-electron chi connectivity index (χ2n) is 5.82. The Morgan fingerprint density at radius 3 is 2.55 bits per heavy atom. The van der Waals surface area contributed by atoms with Crippen LogP contribution in [0.5, 0.6) is 0 Å². The van der Waals surface area contributed by atoms with Crippen molar-refractivity contribution in [2.24, 2.45) is 7.05 Å². The maximum absolute atomic E-state index is 12.2. The van der Waals surface area contributed by atoms with E-state index in [9.17, 15) is 14.4 Å². The van der Waals surface area contributed by atoms with Crippen molar-refractivity contribution in [2.75, 3.05) is 29.6 Å². The number of hydrogen-bond donors (Lipinski definition) is 1. The number of rotatable bonds is 7. The Morgan fingerprint density at radius 2 is 1.91 bits per heavy atom. The van der Waals surface area contributed by atoms with E-state index < -0.39 is 5.69 Å². The van der Waals surface area contributed by atoms with Gasteiger partial charge in [-0.15, -0.1) is 0 Å². The topological polar surface area (TPSA) is 78.4 Å². The van der Waals surface area contributed by atoms with E-state index >= 15 is 0 Å². The van der Waals surface area contributed by atoms with E-state index in [4.69, 9.17) is 0 Å². The summed E-state index contributed by atoms with van der Waals surface area (Å²) in [6, 6.07) is 0. The van der Waals surface area contributed by atoms with Crippen LogP contribution in [0.15, 0.2) is 9.59 Å². The zero-order chi connectivity index (χ0) is 16.3.